The molecule has 146 valence electrons. The molecule has 0 aromatic heterocycles. The second-order valence-electron chi connectivity index (χ2n) is 7.69. The highest BCUT2D eigenvalue weighted by Crippen LogP contribution is 2.52. The Labute approximate surface area is 155 Å². The molecule has 1 amide bonds. The molecular formula is C18H22N2O7. The van der Waals surface area contributed by atoms with Gasteiger partial charge in [0.2, 0.25) is 0 Å². The van der Waals surface area contributed by atoms with E-state index in [0.717, 1.165) is 4.90 Å². The van der Waals surface area contributed by atoms with E-state index in [-0.39, 0.29) is 17.7 Å². The number of hydrogen-bond donors (Lipinski definition) is 3. The first-order valence-corrected chi connectivity index (χ1v) is 8.49. The highest BCUT2D eigenvalue weighted by Gasteiger charge is 2.62. The molecule has 0 bridgehead atoms. The SMILES string of the molecule is CC(=O)Oc1cccc2c1C1(O)CC(C(=O)O)N(C(=O)OC(C)(C)C)C1N2. The molecule has 0 spiro atoms. The molecule has 0 aliphatic carbocycles. The number of nitrogens with one attached hydrogen (secondary N) is 1. The molecule has 3 unspecified atom stereocenters. The molecule has 3 atom stereocenters. The quantitative estimate of drug-likeness (QED) is 0.524. The third-order valence-corrected chi connectivity index (χ3v) is 4.47. The number of likely N-dealkylation sites (tertiary alicyclic amines) is 1. The van der Waals surface area contributed by atoms with Crippen LogP contribution in [-0.4, -0.2) is 51.0 Å². The van der Waals surface area contributed by atoms with E-state index in [1.807, 2.05) is 0 Å². The molecule has 9 heteroatoms. The Balaban J connectivity index is 2.05. The Morgan fingerprint density at radius 1 is 1.30 bits per heavy atom. The van der Waals surface area contributed by atoms with Crippen LogP contribution >= 0.6 is 0 Å². The van der Waals surface area contributed by atoms with Crippen LogP contribution in [0.3, 0.4) is 0 Å². The number of anilines is 1. The summed E-state index contributed by atoms with van der Waals surface area (Å²) in [5, 5.41) is 23.9. The van der Waals surface area contributed by atoms with E-state index in [9.17, 15) is 24.6 Å². The van der Waals surface area contributed by atoms with Gasteiger partial charge in [0.15, 0.2) is 0 Å². The Hall–Kier alpha value is -2.81. The number of aliphatic hydroxyl groups is 1. The molecule has 1 fully saturated rings. The van der Waals surface area contributed by atoms with E-state index < -0.39 is 41.4 Å². The van der Waals surface area contributed by atoms with Crippen LogP contribution in [0.5, 0.6) is 5.75 Å². The number of aliphatic carboxylic acids is 1. The first-order chi connectivity index (χ1) is 12.4. The number of fused-ring (bicyclic) bond motifs is 3. The molecule has 1 aromatic carbocycles. The number of nitrogens with zero attached hydrogens (tertiary/aromatic N) is 1. The minimum Gasteiger partial charge on any atom is -0.480 e. The third kappa shape index (κ3) is 3.18. The fraction of sp³-hybridized carbons (Fsp3) is 0.500. The van der Waals surface area contributed by atoms with Crippen molar-refractivity contribution in [3.8, 4) is 5.75 Å². The van der Waals surface area contributed by atoms with Crippen LogP contribution in [-0.2, 0) is 19.9 Å². The number of benzene rings is 1. The lowest BCUT2D eigenvalue weighted by Crippen LogP contribution is -2.51. The number of rotatable bonds is 2. The highest BCUT2D eigenvalue weighted by atomic mass is 16.6. The van der Waals surface area contributed by atoms with Crippen molar-refractivity contribution in [1.29, 1.82) is 0 Å². The highest BCUT2D eigenvalue weighted by molar-refractivity contribution is 5.84. The molecular weight excluding hydrogens is 356 g/mol. The van der Waals surface area contributed by atoms with Crippen molar-refractivity contribution in [2.45, 2.75) is 57.5 Å². The third-order valence-electron chi connectivity index (χ3n) is 4.47. The minimum absolute atomic E-state index is 0.118. The Morgan fingerprint density at radius 2 is 1.96 bits per heavy atom. The summed E-state index contributed by atoms with van der Waals surface area (Å²) in [6, 6.07) is 3.48. The largest absolute Gasteiger partial charge is 0.480 e. The van der Waals surface area contributed by atoms with Gasteiger partial charge in [-0.2, -0.15) is 0 Å². The van der Waals surface area contributed by atoms with Gasteiger partial charge in [0.05, 0.1) is 5.56 Å². The van der Waals surface area contributed by atoms with Crippen LogP contribution in [0.4, 0.5) is 10.5 Å². The number of carbonyl (C=O) groups excluding carboxylic acids is 2. The van der Waals surface area contributed by atoms with Crippen LogP contribution in [0.1, 0.15) is 39.7 Å². The summed E-state index contributed by atoms with van der Waals surface area (Å²) in [5.74, 6) is -1.73. The van der Waals surface area contributed by atoms with E-state index in [0.29, 0.717) is 5.69 Å². The zero-order valence-electron chi connectivity index (χ0n) is 15.5. The summed E-state index contributed by atoms with van der Waals surface area (Å²) < 4.78 is 10.5. The normalized spacial score (nSPS) is 26.0. The van der Waals surface area contributed by atoms with Gasteiger partial charge in [-0.1, -0.05) is 6.07 Å². The molecule has 9 nitrogen and oxygen atoms in total. The number of hydrogen-bond acceptors (Lipinski definition) is 7. The van der Waals surface area contributed by atoms with E-state index in [2.05, 4.69) is 5.32 Å². The average Bonchev–Trinajstić information content (AvgIpc) is 2.94. The summed E-state index contributed by atoms with van der Waals surface area (Å²) >= 11 is 0. The number of esters is 1. The molecule has 2 aliphatic heterocycles. The van der Waals surface area contributed by atoms with Gasteiger partial charge in [-0.3, -0.25) is 9.69 Å². The molecule has 3 N–H and O–H groups in total. The molecule has 0 radical (unpaired) electrons. The van der Waals surface area contributed by atoms with Crippen molar-refractivity contribution in [3.05, 3.63) is 23.8 Å². The van der Waals surface area contributed by atoms with Gasteiger partial charge in [-0.05, 0) is 32.9 Å². The zero-order valence-corrected chi connectivity index (χ0v) is 15.5. The summed E-state index contributed by atoms with van der Waals surface area (Å²) in [5.41, 5.74) is -1.88. The fourth-order valence-corrected chi connectivity index (χ4v) is 3.58. The molecule has 1 saturated heterocycles. The maximum atomic E-state index is 12.7. The standard InChI is InChI=1S/C18H22N2O7/c1-9(21)26-12-7-5-6-10-13(12)18(25)8-11(14(22)23)20(15(18)19-10)16(24)27-17(2,3)4/h5-7,11,15,19,25H,8H2,1-4H3,(H,22,23). The lowest BCUT2D eigenvalue weighted by atomic mass is 9.90. The lowest BCUT2D eigenvalue weighted by molar-refractivity contribution is -0.142. The van der Waals surface area contributed by atoms with Crippen molar-refractivity contribution in [2.24, 2.45) is 0 Å². The first kappa shape index (κ1) is 19.0. The molecule has 1 aromatic rings. The molecule has 27 heavy (non-hydrogen) atoms. The van der Waals surface area contributed by atoms with Crippen molar-refractivity contribution in [2.75, 3.05) is 5.32 Å². The van der Waals surface area contributed by atoms with Crippen molar-refractivity contribution < 1.29 is 34.1 Å². The Morgan fingerprint density at radius 3 is 2.52 bits per heavy atom. The van der Waals surface area contributed by atoms with Gasteiger partial charge in [0, 0.05) is 19.0 Å². The van der Waals surface area contributed by atoms with Crippen LogP contribution in [0.2, 0.25) is 0 Å². The predicted octanol–water partition coefficient (Wildman–Crippen LogP) is 1.65. The number of carboxylic acid groups (broad SMARTS) is 1. The van der Waals surface area contributed by atoms with Gasteiger partial charge in [-0.25, -0.2) is 9.59 Å². The average molecular weight is 378 g/mol. The summed E-state index contributed by atoms with van der Waals surface area (Å²) in [4.78, 5) is 36.8. The second kappa shape index (κ2) is 6.12. The number of carbonyl (C=O) groups is 3. The predicted molar refractivity (Wildman–Crippen MR) is 93.2 cm³/mol. The Kier molecular flexibility index (Phi) is 4.30. The Bertz CT molecular complexity index is 816. The molecule has 3 rings (SSSR count). The van der Waals surface area contributed by atoms with E-state index >= 15 is 0 Å². The maximum Gasteiger partial charge on any atom is 0.412 e. The number of ether oxygens (including phenoxy) is 2. The molecule has 2 heterocycles. The molecule has 0 saturated carbocycles. The summed E-state index contributed by atoms with van der Waals surface area (Å²) in [7, 11) is 0. The van der Waals surface area contributed by atoms with Crippen molar-refractivity contribution >= 4 is 23.7 Å². The van der Waals surface area contributed by atoms with Crippen molar-refractivity contribution in [1.82, 2.24) is 4.90 Å². The number of carboxylic acids is 1. The van der Waals surface area contributed by atoms with Gasteiger partial charge >= 0.3 is 18.0 Å². The van der Waals surface area contributed by atoms with Gasteiger partial charge in [-0.15, -0.1) is 0 Å². The van der Waals surface area contributed by atoms with Gasteiger partial charge < -0.3 is 25.0 Å². The lowest BCUT2D eigenvalue weighted by Gasteiger charge is -2.31. The topological polar surface area (TPSA) is 125 Å². The summed E-state index contributed by atoms with van der Waals surface area (Å²) in [6.45, 7) is 6.22. The maximum absolute atomic E-state index is 12.7. The van der Waals surface area contributed by atoms with Crippen LogP contribution in [0.15, 0.2) is 18.2 Å². The second-order valence-corrected chi connectivity index (χ2v) is 7.69. The van der Waals surface area contributed by atoms with E-state index in [4.69, 9.17) is 9.47 Å². The smallest absolute Gasteiger partial charge is 0.412 e. The van der Waals surface area contributed by atoms with Gasteiger partial charge in [0.1, 0.15) is 29.2 Å². The zero-order chi connectivity index (χ0) is 20.1. The minimum atomic E-state index is -1.75. The summed E-state index contributed by atoms with van der Waals surface area (Å²) in [6.07, 6.45) is -2.20. The fourth-order valence-electron chi connectivity index (χ4n) is 3.58. The van der Waals surface area contributed by atoms with Crippen LogP contribution in [0, 0.1) is 0 Å². The molecule has 2 aliphatic rings. The monoisotopic (exact) mass is 378 g/mol. The van der Waals surface area contributed by atoms with E-state index in [1.165, 1.54) is 13.0 Å². The van der Waals surface area contributed by atoms with Crippen LogP contribution < -0.4 is 10.1 Å². The van der Waals surface area contributed by atoms with Crippen LogP contribution in [0.25, 0.3) is 0 Å². The number of amides is 1. The van der Waals surface area contributed by atoms with Gasteiger partial charge in [0.25, 0.3) is 0 Å². The first-order valence-electron chi connectivity index (χ1n) is 8.49. The van der Waals surface area contributed by atoms with Crippen molar-refractivity contribution in [3.63, 3.8) is 0 Å². The van der Waals surface area contributed by atoms with E-state index in [1.54, 1.807) is 32.9 Å².